The van der Waals surface area contributed by atoms with Gasteiger partial charge in [0.15, 0.2) is 0 Å². The van der Waals surface area contributed by atoms with Crippen molar-refractivity contribution in [1.82, 2.24) is 5.32 Å². The Morgan fingerprint density at radius 3 is 2.65 bits per heavy atom. The summed E-state index contributed by atoms with van der Waals surface area (Å²) < 4.78 is 10.9. The molecule has 0 unspecified atom stereocenters. The molecule has 2 aromatic carbocycles. The SMILES string of the molecule is Cc1ccc2oc(C(=O)NCc3ccoc3)c(-c3ccc(Cl)cc3)c2c1. The first-order valence-electron chi connectivity index (χ1n) is 8.20. The molecule has 0 fully saturated rings. The van der Waals surface area contributed by atoms with Crippen molar-refractivity contribution in [3.8, 4) is 11.1 Å². The molecule has 1 N–H and O–H groups in total. The van der Waals surface area contributed by atoms with Crippen molar-refractivity contribution in [2.45, 2.75) is 13.5 Å². The molecule has 0 aliphatic rings. The van der Waals surface area contributed by atoms with E-state index in [1.165, 1.54) is 0 Å². The zero-order valence-corrected chi connectivity index (χ0v) is 14.8. The fourth-order valence-electron chi connectivity index (χ4n) is 2.93. The van der Waals surface area contributed by atoms with Crippen LogP contribution < -0.4 is 5.32 Å². The van der Waals surface area contributed by atoms with Gasteiger partial charge in [0, 0.05) is 28.1 Å². The van der Waals surface area contributed by atoms with Crippen molar-refractivity contribution in [2.75, 3.05) is 0 Å². The van der Waals surface area contributed by atoms with Crippen LogP contribution in [0, 0.1) is 6.92 Å². The summed E-state index contributed by atoms with van der Waals surface area (Å²) in [6.07, 6.45) is 3.17. The molecule has 5 heteroatoms. The van der Waals surface area contributed by atoms with Gasteiger partial charge < -0.3 is 14.2 Å². The third-order valence-corrected chi connectivity index (χ3v) is 4.47. The molecule has 130 valence electrons. The molecule has 0 spiro atoms. The van der Waals surface area contributed by atoms with Crippen LogP contribution in [0.1, 0.15) is 21.7 Å². The molecule has 0 radical (unpaired) electrons. The van der Waals surface area contributed by atoms with Gasteiger partial charge in [-0.05, 0) is 42.8 Å². The van der Waals surface area contributed by atoms with Crippen molar-refractivity contribution in [3.05, 3.63) is 83.0 Å². The number of benzene rings is 2. The second-order valence-electron chi connectivity index (χ2n) is 6.13. The maximum Gasteiger partial charge on any atom is 0.287 e. The first-order chi connectivity index (χ1) is 12.6. The molecule has 2 heterocycles. The molecule has 4 nitrogen and oxygen atoms in total. The fourth-order valence-corrected chi connectivity index (χ4v) is 3.06. The topological polar surface area (TPSA) is 55.4 Å². The van der Waals surface area contributed by atoms with E-state index in [1.54, 1.807) is 24.7 Å². The number of carbonyl (C=O) groups is 1. The van der Waals surface area contributed by atoms with Gasteiger partial charge >= 0.3 is 0 Å². The van der Waals surface area contributed by atoms with Crippen LogP contribution in [0.5, 0.6) is 0 Å². The van der Waals surface area contributed by atoms with E-state index in [2.05, 4.69) is 5.32 Å². The molecule has 26 heavy (non-hydrogen) atoms. The second-order valence-corrected chi connectivity index (χ2v) is 6.56. The molecule has 1 amide bonds. The summed E-state index contributed by atoms with van der Waals surface area (Å²) in [6, 6.07) is 15.1. The first-order valence-corrected chi connectivity index (χ1v) is 8.58. The highest BCUT2D eigenvalue weighted by Crippen LogP contribution is 2.36. The van der Waals surface area contributed by atoms with Gasteiger partial charge in [-0.3, -0.25) is 4.79 Å². The number of hydrogen-bond donors (Lipinski definition) is 1. The highest BCUT2D eigenvalue weighted by atomic mass is 35.5. The summed E-state index contributed by atoms with van der Waals surface area (Å²) in [5.41, 5.74) is 4.31. The van der Waals surface area contributed by atoms with Crippen LogP contribution in [0.2, 0.25) is 5.02 Å². The highest BCUT2D eigenvalue weighted by molar-refractivity contribution is 6.30. The Morgan fingerprint density at radius 2 is 1.92 bits per heavy atom. The molecule has 4 rings (SSSR count). The van der Waals surface area contributed by atoms with Crippen LogP contribution in [-0.2, 0) is 6.54 Å². The predicted molar refractivity (Wildman–Crippen MR) is 101 cm³/mol. The van der Waals surface area contributed by atoms with E-state index >= 15 is 0 Å². The van der Waals surface area contributed by atoms with Crippen molar-refractivity contribution >= 4 is 28.5 Å². The van der Waals surface area contributed by atoms with E-state index < -0.39 is 0 Å². The summed E-state index contributed by atoms with van der Waals surface area (Å²) in [4.78, 5) is 12.8. The van der Waals surface area contributed by atoms with E-state index in [4.69, 9.17) is 20.4 Å². The average Bonchev–Trinajstić information content (AvgIpc) is 3.28. The van der Waals surface area contributed by atoms with E-state index in [-0.39, 0.29) is 11.7 Å². The lowest BCUT2D eigenvalue weighted by atomic mass is 10.0. The van der Waals surface area contributed by atoms with Crippen LogP contribution >= 0.6 is 11.6 Å². The van der Waals surface area contributed by atoms with Crippen LogP contribution in [0.25, 0.3) is 22.1 Å². The fraction of sp³-hybridized carbons (Fsp3) is 0.0952. The van der Waals surface area contributed by atoms with E-state index in [0.29, 0.717) is 17.2 Å². The predicted octanol–water partition coefficient (Wildman–Crippen LogP) is 5.58. The number of carbonyl (C=O) groups excluding carboxylic acids is 1. The number of rotatable bonds is 4. The van der Waals surface area contributed by atoms with E-state index in [0.717, 1.165) is 27.6 Å². The minimum Gasteiger partial charge on any atom is -0.472 e. The lowest BCUT2D eigenvalue weighted by Gasteiger charge is -2.05. The largest absolute Gasteiger partial charge is 0.472 e. The Bertz CT molecular complexity index is 1060. The molecule has 0 aliphatic heterocycles. The lowest BCUT2D eigenvalue weighted by Crippen LogP contribution is -2.22. The van der Waals surface area contributed by atoms with Gasteiger partial charge in [0.25, 0.3) is 5.91 Å². The minimum atomic E-state index is -0.273. The average molecular weight is 366 g/mol. The number of furan rings is 2. The number of fused-ring (bicyclic) bond motifs is 1. The van der Waals surface area contributed by atoms with Crippen molar-refractivity contribution in [1.29, 1.82) is 0 Å². The molecule has 2 aromatic heterocycles. The van der Waals surface area contributed by atoms with Gasteiger partial charge in [-0.25, -0.2) is 0 Å². The Labute approximate surface area is 155 Å². The zero-order chi connectivity index (χ0) is 18.1. The maximum atomic E-state index is 12.8. The molecular formula is C21H16ClNO3. The summed E-state index contributed by atoms with van der Waals surface area (Å²) in [5.74, 6) is 0.0152. The Morgan fingerprint density at radius 1 is 1.12 bits per heavy atom. The number of amides is 1. The molecule has 0 saturated carbocycles. The van der Waals surface area contributed by atoms with Crippen molar-refractivity contribution < 1.29 is 13.6 Å². The Hall–Kier alpha value is -2.98. The minimum absolute atomic E-state index is 0.273. The zero-order valence-electron chi connectivity index (χ0n) is 14.1. The number of hydrogen-bond acceptors (Lipinski definition) is 3. The lowest BCUT2D eigenvalue weighted by molar-refractivity contribution is 0.0926. The van der Waals surface area contributed by atoms with Crippen LogP contribution in [0.3, 0.4) is 0 Å². The van der Waals surface area contributed by atoms with Crippen LogP contribution in [0.4, 0.5) is 0 Å². The maximum absolute atomic E-state index is 12.8. The quantitative estimate of drug-likeness (QED) is 0.513. The standard InChI is InChI=1S/C21H16ClNO3/c1-13-2-7-18-17(10-13)19(15-3-5-16(22)6-4-15)20(26-18)21(24)23-11-14-8-9-25-12-14/h2-10,12H,11H2,1H3,(H,23,24). The second kappa shape index (κ2) is 6.73. The van der Waals surface area contributed by atoms with Gasteiger partial charge in [0.2, 0.25) is 5.76 Å². The number of aryl methyl sites for hydroxylation is 1. The van der Waals surface area contributed by atoms with Crippen molar-refractivity contribution in [2.24, 2.45) is 0 Å². The third-order valence-electron chi connectivity index (χ3n) is 4.22. The molecule has 4 aromatic rings. The molecular weight excluding hydrogens is 350 g/mol. The molecule has 0 bridgehead atoms. The van der Waals surface area contributed by atoms with Crippen LogP contribution in [-0.4, -0.2) is 5.91 Å². The first kappa shape index (κ1) is 16.5. The van der Waals surface area contributed by atoms with Gasteiger partial charge in [-0.15, -0.1) is 0 Å². The van der Waals surface area contributed by atoms with Gasteiger partial charge in [-0.1, -0.05) is 35.4 Å². The molecule has 0 atom stereocenters. The molecule has 0 saturated heterocycles. The van der Waals surface area contributed by atoms with E-state index in [9.17, 15) is 4.79 Å². The molecule has 0 aliphatic carbocycles. The van der Waals surface area contributed by atoms with E-state index in [1.807, 2.05) is 43.3 Å². The summed E-state index contributed by atoms with van der Waals surface area (Å²) in [7, 11) is 0. The Balaban J connectivity index is 1.78. The summed E-state index contributed by atoms with van der Waals surface area (Å²) in [6.45, 7) is 2.38. The summed E-state index contributed by atoms with van der Waals surface area (Å²) in [5, 5.41) is 4.43. The smallest absolute Gasteiger partial charge is 0.287 e. The Kier molecular flexibility index (Phi) is 4.27. The van der Waals surface area contributed by atoms with Crippen molar-refractivity contribution in [3.63, 3.8) is 0 Å². The normalized spacial score (nSPS) is 11.0. The number of nitrogens with one attached hydrogen (secondary N) is 1. The number of halogens is 1. The summed E-state index contributed by atoms with van der Waals surface area (Å²) >= 11 is 6.01. The van der Waals surface area contributed by atoms with Gasteiger partial charge in [-0.2, -0.15) is 0 Å². The van der Waals surface area contributed by atoms with Gasteiger partial charge in [0.1, 0.15) is 5.58 Å². The van der Waals surface area contributed by atoms with Crippen LogP contribution in [0.15, 0.2) is 69.9 Å². The monoisotopic (exact) mass is 365 g/mol. The third kappa shape index (κ3) is 3.11. The highest BCUT2D eigenvalue weighted by Gasteiger charge is 2.22. The van der Waals surface area contributed by atoms with Gasteiger partial charge in [0.05, 0.1) is 12.5 Å².